The van der Waals surface area contributed by atoms with Crippen LogP contribution < -0.4 is 11.1 Å². The fraction of sp³-hybridized carbons (Fsp3) is 0. The topological polar surface area (TPSA) is 68.0 Å². The van der Waals surface area contributed by atoms with Crippen LogP contribution in [-0.2, 0) is 0 Å². The molecule has 0 unspecified atom stereocenters. The smallest absolute Gasteiger partial charge is 0.274 e. The van der Waals surface area contributed by atoms with Crippen LogP contribution in [0, 0.1) is 11.6 Å². The third kappa shape index (κ3) is 2.42. The number of nitrogen functional groups attached to an aromatic ring is 1. The van der Waals surface area contributed by atoms with Crippen LogP contribution in [0.4, 0.5) is 20.3 Å². The maximum Gasteiger partial charge on any atom is 0.274 e. The lowest BCUT2D eigenvalue weighted by atomic mass is 10.2. The van der Waals surface area contributed by atoms with Gasteiger partial charge in [0.2, 0.25) is 0 Å². The molecule has 0 atom stereocenters. The van der Waals surface area contributed by atoms with E-state index in [2.05, 4.69) is 10.3 Å². The van der Waals surface area contributed by atoms with Gasteiger partial charge in [-0.15, -0.1) is 0 Å². The molecule has 1 aromatic heterocycles. The van der Waals surface area contributed by atoms with Crippen molar-refractivity contribution in [2.45, 2.75) is 0 Å². The second-order valence-electron chi connectivity index (χ2n) is 3.50. The molecule has 0 aliphatic heterocycles. The fourth-order valence-electron chi connectivity index (χ4n) is 1.36. The van der Waals surface area contributed by atoms with Gasteiger partial charge in [0.15, 0.2) is 11.6 Å². The lowest BCUT2D eigenvalue weighted by molar-refractivity contribution is 0.102. The lowest BCUT2D eigenvalue weighted by Crippen LogP contribution is -2.15. The molecule has 0 fully saturated rings. The van der Waals surface area contributed by atoms with E-state index in [4.69, 9.17) is 5.73 Å². The summed E-state index contributed by atoms with van der Waals surface area (Å²) in [7, 11) is 0. The summed E-state index contributed by atoms with van der Waals surface area (Å²) >= 11 is 0. The first-order chi connectivity index (χ1) is 8.58. The summed E-state index contributed by atoms with van der Waals surface area (Å²) in [5.41, 5.74) is 5.20. The molecule has 0 spiro atoms. The van der Waals surface area contributed by atoms with Crippen LogP contribution in [-0.4, -0.2) is 10.9 Å². The van der Waals surface area contributed by atoms with Crippen LogP contribution in [0.1, 0.15) is 10.5 Å². The summed E-state index contributed by atoms with van der Waals surface area (Å²) in [5, 5.41) is 2.22. The number of aromatic nitrogens is 1. The largest absolute Gasteiger partial charge is 0.384 e. The van der Waals surface area contributed by atoms with Gasteiger partial charge in [-0.2, -0.15) is 0 Å². The first-order valence-electron chi connectivity index (χ1n) is 5.06. The predicted molar refractivity (Wildman–Crippen MR) is 63.0 cm³/mol. The van der Waals surface area contributed by atoms with Gasteiger partial charge in [-0.05, 0) is 24.3 Å². The van der Waals surface area contributed by atoms with Crippen molar-refractivity contribution >= 4 is 17.4 Å². The van der Waals surface area contributed by atoms with E-state index in [9.17, 15) is 13.6 Å². The minimum atomic E-state index is -1.12. The maximum atomic E-state index is 13.3. The second kappa shape index (κ2) is 4.79. The Hall–Kier alpha value is -2.50. The molecule has 4 nitrogen and oxygen atoms in total. The van der Waals surface area contributed by atoms with Gasteiger partial charge in [0.25, 0.3) is 5.91 Å². The molecule has 0 saturated carbocycles. The van der Waals surface area contributed by atoms with Gasteiger partial charge in [0.05, 0.1) is 5.69 Å². The molecule has 3 N–H and O–H groups in total. The summed E-state index contributed by atoms with van der Waals surface area (Å²) in [6.07, 6.45) is 0. The maximum absolute atomic E-state index is 13.3. The number of carbonyl (C=O) groups is 1. The van der Waals surface area contributed by atoms with E-state index in [1.807, 2.05) is 0 Å². The summed E-state index contributed by atoms with van der Waals surface area (Å²) in [6, 6.07) is 7.98. The number of benzene rings is 1. The number of rotatable bonds is 2. The zero-order valence-electron chi connectivity index (χ0n) is 9.15. The van der Waals surface area contributed by atoms with E-state index in [1.165, 1.54) is 24.3 Å². The van der Waals surface area contributed by atoms with Crippen LogP contribution in [0.2, 0.25) is 0 Å². The monoisotopic (exact) mass is 249 g/mol. The lowest BCUT2D eigenvalue weighted by Gasteiger charge is -2.06. The predicted octanol–water partition coefficient (Wildman–Crippen LogP) is 2.19. The third-order valence-corrected chi connectivity index (χ3v) is 2.20. The Labute approximate surface area is 101 Å². The highest BCUT2D eigenvalue weighted by molar-refractivity contribution is 6.03. The molecule has 6 heteroatoms. The molecular weight excluding hydrogens is 240 g/mol. The first-order valence-corrected chi connectivity index (χ1v) is 5.06. The van der Waals surface area contributed by atoms with E-state index in [-0.39, 0.29) is 17.2 Å². The highest BCUT2D eigenvalue weighted by Gasteiger charge is 2.12. The van der Waals surface area contributed by atoms with Crippen molar-refractivity contribution in [2.24, 2.45) is 0 Å². The van der Waals surface area contributed by atoms with Crippen molar-refractivity contribution in [3.8, 4) is 0 Å². The summed E-state index contributed by atoms with van der Waals surface area (Å²) < 4.78 is 26.3. The fourth-order valence-corrected chi connectivity index (χ4v) is 1.36. The molecule has 2 aromatic rings. The van der Waals surface area contributed by atoms with Crippen LogP contribution in [0.3, 0.4) is 0 Å². The molecule has 1 aromatic carbocycles. The van der Waals surface area contributed by atoms with Crippen LogP contribution in [0.15, 0.2) is 36.4 Å². The Bertz CT molecular complexity index is 602. The molecule has 92 valence electrons. The Morgan fingerprint density at radius 2 is 1.89 bits per heavy atom. The first kappa shape index (κ1) is 12.0. The van der Waals surface area contributed by atoms with Crippen molar-refractivity contribution in [1.29, 1.82) is 0 Å². The SMILES string of the molecule is Nc1cccc(C(=O)Nc2cccc(F)c2F)n1. The van der Waals surface area contributed by atoms with Gasteiger partial charge in [0, 0.05) is 0 Å². The average Bonchev–Trinajstić information content (AvgIpc) is 2.35. The number of anilines is 2. The number of nitrogens with zero attached hydrogens (tertiary/aromatic N) is 1. The summed E-state index contributed by atoms with van der Waals surface area (Å²) in [5.74, 6) is -2.64. The van der Waals surface area contributed by atoms with Crippen LogP contribution in [0.5, 0.6) is 0 Å². The summed E-state index contributed by atoms with van der Waals surface area (Å²) in [6.45, 7) is 0. The van der Waals surface area contributed by atoms with Gasteiger partial charge >= 0.3 is 0 Å². The number of pyridine rings is 1. The molecule has 0 radical (unpaired) electrons. The Balaban J connectivity index is 2.24. The normalized spacial score (nSPS) is 10.1. The number of carbonyl (C=O) groups excluding carboxylic acids is 1. The minimum absolute atomic E-state index is 0.0265. The van der Waals surface area contributed by atoms with E-state index in [0.29, 0.717) is 0 Å². The number of nitrogens with two attached hydrogens (primary N) is 1. The Morgan fingerprint density at radius 3 is 2.61 bits per heavy atom. The average molecular weight is 249 g/mol. The quantitative estimate of drug-likeness (QED) is 0.857. The van der Waals surface area contributed by atoms with Gasteiger partial charge in [0.1, 0.15) is 11.5 Å². The zero-order chi connectivity index (χ0) is 13.1. The van der Waals surface area contributed by atoms with E-state index >= 15 is 0 Å². The van der Waals surface area contributed by atoms with Crippen LogP contribution >= 0.6 is 0 Å². The number of halogens is 2. The molecule has 0 saturated heterocycles. The van der Waals surface area contributed by atoms with Crippen molar-refractivity contribution in [1.82, 2.24) is 4.98 Å². The molecule has 1 heterocycles. The van der Waals surface area contributed by atoms with Crippen molar-refractivity contribution in [3.05, 3.63) is 53.7 Å². The third-order valence-electron chi connectivity index (χ3n) is 2.20. The number of hydrogen-bond donors (Lipinski definition) is 2. The Morgan fingerprint density at radius 1 is 1.17 bits per heavy atom. The number of amides is 1. The Kier molecular flexibility index (Phi) is 3.18. The zero-order valence-corrected chi connectivity index (χ0v) is 9.15. The minimum Gasteiger partial charge on any atom is -0.384 e. The standard InChI is InChI=1S/C12H9F2N3O/c13-7-3-1-4-8(11(7)14)17-12(18)9-5-2-6-10(15)16-9/h1-6H,(H2,15,16)(H,17,18). The molecule has 0 aliphatic rings. The van der Waals surface area contributed by atoms with Gasteiger partial charge in [-0.1, -0.05) is 12.1 Å². The number of nitrogens with one attached hydrogen (secondary N) is 1. The molecule has 0 bridgehead atoms. The molecular formula is C12H9F2N3O. The van der Waals surface area contributed by atoms with Crippen molar-refractivity contribution < 1.29 is 13.6 Å². The molecule has 0 aliphatic carbocycles. The van der Waals surface area contributed by atoms with Crippen molar-refractivity contribution in [3.63, 3.8) is 0 Å². The van der Waals surface area contributed by atoms with Gasteiger partial charge in [-0.3, -0.25) is 4.79 Å². The number of hydrogen-bond acceptors (Lipinski definition) is 3. The molecule has 18 heavy (non-hydrogen) atoms. The van der Waals surface area contributed by atoms with Crippen LogP contribution in [0.25, 0.3) is 0 Å². The molecule has 2 rings (SSSR count). The van der Waals surface area contributed by atoms with Gasteiger partial charge < -0.3 is 11.1 Å². The highest BCUT2D eigenvalue weighted by atomic mass is 19.2. The second-order valence-corrected chi connectivity index (χ2v) is 3.50. The van der Waals surface area contributed by atoms with E-state index < -0.39 is 17.5 Å². The van der Waals surface area contributed by atoms with E-state index in [1.54, 1.807) is 6.07 Å². The van der Waals surface area contributed by atoms with Gasteiger partial charge in [-0.25, -0.2) is 13.8 Å². The highest BCUT2D eigenvalue weighted by Crippen LogP contribution is 2.17. The van der Waals surface area contributed by atoms with Crippen molar-refractivity contribution in [2.75, 3.05) is 11.1 Å². The molecule has 1 amide bonds. The summed E-state index contributed by atoms with van der Waals surface area (Å²) in [4.78, 5) is 15.5. The van der Waals surface area contributed by atoms with E-state index in [0.717, 1.165) is 6.07 Å².